The lowest BCUT2D eigenvalue weighted by atomic mass is 9.83. The van der Waals surface area contributed by atoms with Crippen molar-refractivity contribution in [2.45, 2.75) is 26.7 Å². The molecule has 4 nitrogen and oxygen atoms in total. The third kappa shape index (κ3) is 2.35. The monoisotopic (exact) mass is 243 g/mol. The summed E-state index contributed by atoms with van der Waals surface area (Å²) in [5.41, 5.74) is 1.16. The standard InChI is InChI=1S/C14H17N3O/c1-11-4-6-16-8-12(11)13(18)17-7-3-5-14(2,9-15)10-17/h4,6,8H,3,5,7,10H2,1-2H3. The van der Waals surface area contributed by atoms with Crippen molar-refractivity contribution in [3.63, 3.8) is 0 Å². The quantitative estimate of drug-likeness (QED) is 0.759. The van der Waals surface area contributed by atoms with Gasteiger partial charge in [0.25, 0.3) is 5.91 Å². The van der Waals surface area contributed by atoms with Gasteiger partial charge in [-0.2, -0.15) is 5.26 Å². The molecule has 0 aromatic carbocycles. The SMILES string of the molecule is Cc1ccncc1C(=O)N1CCCC(C)(C#N)C1. The summed E-state index contributed by atoms with van der Waals surface area (Å²) < 4.78 is 0. The normalized spacial score (nSPS) is 23.5. The van der Waals surface area contributed by atoms with Crippen LogP contribution in [0.2, 0.25) is 0 Å². The molecule has 2 rings (SSSR count). The molecule has 1 fully saturated rings. The number of nitriles is 1. The number of carbonyl (C=O) groups is 1. The number of piperidine rings is 1. The first-order valence-electron chi connectivity index (χ1n) is 6.17. The smallest absolute Gasteiger partial charge is 0.255 e. The zero-order valence-corrected chi connectivity index (χ0v) is 10.8. The van der Waals surface area contributed by atoms with Crippen molar-refractivity contribution >= 4 is 5.91 Å². The number of carbonyl (C=O) groups excluding carboxylic acids is 1. The molecular formula is C14H17N3O. The first-order valence-corrected chi connectivity index (χ1v) is 6.17. The number of nitrogens with zero attached hydrogens (tertiary/aromatic N) is 3. The van der Waals surface area contributed by atoms with Crippen molar-refractivity contribution in [1.82, 2.24) is 9.88 Å². The highest BCUT2D eigenvalue weighted by Gasteiger charge is 2.33. The third-order valence-corrected chi connectivity index (χ3v) is 3.52. The Bertz CT molecular complexity index is 506. The maximum absolute atomic E-state index is 12.4. The molecule has 0 N–H and O–H groups in total. The number of aromatic nitrogens is 1. The van der Waals surface area contributed by atoms with Crippen LogP contribution < -0.4 is 0 Å². The minimum atomic E-state index is -0.413. The predicted molar refractivity (Wildman–Crippen MR) is 67.8 cm³/mol. The molecule has 1 aliphatic rings. The van der Waals surface area contributed by atoms with E-state index in [-0.39, 0.29) is 5.91 Å². The van der Waals surface area contributed by atoms with E-state index in [4.69, 9.17) is 0 Å². The molecule has 0 spiro atoms. The van der Waals surface area contributed by atoms with Crippen LogP contribution in [0.5, 0.6) is 0 Å². The molecule has 94 valence electrons. The first kappa shape index (κ1) is 12.6. The fraction of sp³-hybridized carbons (Fsp3) is 0.500. The Morgan fingerprint density at radius 2 is 2.39 bits per heavy atom. The predicted octanol–water partition coefficient (Wildman–Crippen LogP) is 2.16. The van der Waals surface area contributed by atoms with Crippen LogP contribution in [0.4, 0.5) is 0 Å². The molecule has 1 atom stereocenters. The van der Waals surface area contributed by atoms with Crippen LogP contribution in [0.3, 0.4) is 0 Å². The Hall–Kier alpha value is -1.89. The van der Waals surface area contributed by atoms with Crippen molar-refractivity contribution in [3.05, 3.63) is 29.6 Å². The number of amides is 1. The molecule has 0 saturated carbocycles. The Kier molecular flexibility index (Phi) is 3.33. The van der Waals surface area contributed by atoms with Crippen LogP contribution >= 0.6 is 0 Å². The van der Waals surface area contributed by atoms with Crippen LogP contribution in [0.25, 0.3) is 0 Å². The van der Waals surface area contributed by atoms with E-state index in [2.05, 4.69) is 11.1 Å². The molecule has 4 heteroatoms. The van der Waals surface area contributed by atoms with E-state index in [9.17, 15) is 10.1 Å². The summed E-state index contributed by atoms with van der Waals surface area (Å²) in [6.45, 7) is 5.06. The molecule has 1 aromatic rings. The van der Waals surface area contributed by atoms with E-state index in [0.717, 1.165) is 24.9 Å². The van der Waals surface area contributed by atoms with Gasteiger partial charge in [0, 0.05) is 25.5 Å². The number of rotatable bonds is 1. The molecule has 0 bridgehead atoms. The second-order valence-electron chi connectivity index (χ2n) is 5.19. The molecule has 18 heavy (non-hydrogen) atoms. The van der Waals surface area contributed by atoms with Gasteiger partial charge in [0.15, 0.2) is 0 Å². The highest BCUT2D eigenvalue weighted by molar-refractivity contribution is 5.95. The minimum absolute atomic E-state index is 0.0122. The van der Waals surface area contributed by atoms with Gasteiger partial charge < -0.3 is 4.90 Å². The number of pyridine rings is 1. The summed E-state index contributed by atoms with van der Waals surface area (Å²) in [4.78, 5) is 18.2. The van der Waals surface area contributed by atoms with Gasteiger partial charge in [-0.1, -0.05) is 0 Å². The molecular weight excluding hydrogens is 226 g/mol. The fourth-order valence-corrected chi connectivity index (χ4v) is 2.36. The Morgan fingerprint density at radius 3 is 3.06 bits per heavy atom. The van der Waals surface area contributed by atoms with Gasteiger partial charge in [0.05, 0.1) is 17.0 Å². The summed E-state index contributed by atoms with van der Waals surface area (Å²) in [6, 6.07) is 4.16. The van der Waals surface area contributed by atoms with Gasteiger partial charge >= 0.3 is 0 Å². The Balaban J connectivity index is 2.20. The molecule has 1 saturated heterocycles. The van der Waals surface area contributed by atoms with Crippen molar-refractivity contribution in [2.24, 2.45) is 5.41 Å². The summed E-state index contributed by atoms with van der Waals surface area (Å²) in [5.74, 6) is -0.0122. The third-order valence-electron chi connectivity index (χ3n) is 3.52. The van der Waals surface area contributed by atoms with Crippen LogP contribution in [-0.4, -0.2) is 28.9 Å². The van der Waals surface area contributed by atoms with E-state index >= 15 is 0 Å². The van der Waals surface area contributed by atoms with E-state index in [1.807, 2.05) is 19.9 Å². The zero-order chi connectivity index (χ0) is 13.2. The summed E-state index contributed by atoms with van der Waals surface area (Å²) in [6.07, 6.45) is 5.03. The molecule has 0 aliphatic carbocycles. The maximum atomic E-state index is 12.4. The molecule has 1 amide bonds. The van der Waals surface area contributed by atoms with Gasteiger partial charge in [-0.15, -0.1) is 0 Å². The molecule has 0 radical (unpaired) electrons. The van der Waals surface area contributed by atoms with Crippen LogP contribution in [0.1, 0.15) is 35.7 Å². The highest BCUT2D eigenvalue weighted by atomic mass is 16.2. The average molecular weight is 243 g/mol. The molecule has 1 unspecified atom stereocenters. The average Bonchev–Trinajstić information content (AvgIpc) is 2.39. The minimum Gasteiger partial charge on any atom is -0.337 e. The highest BCUT2D eigenvalue weighted by Crippen LogP contribution is 2.29. The van der Waals surface area contributed by atoms with E-state index in [0.29, 0.717) is 12.1 Å². The van der Waals surface area contributed by atoms with Gasteiger partial charge in [0.2, 0.25) is 0 Å². The van der Waals surface area contributed by atoms with Crippen molar-refractivity contribution < 1.29 is 4.79 Å². The maximum Gasteiger partial charge on any atom is 0.255 e. The van der Waals surface area contributed by atoms with Gasteiger partial charge in [-0.3, -0.25) is 9.78 Å². The molecule has 1 aromatic heterocycles. The Morgan fingerprint density at radius 1 is 1.61 bits per heavy atom. The number of likely N-dealkylation sites (tertiary alicyclic amines) is 1. The molecule has 2 heterocycles. The van der Waals surface area contributed by atoms with Gasteiger partial charge in [-0.25, -0.2) is 0 Å². The van der Waals surface area contributed by atoms with Crippen molar-refractivity contribution in [2.75, 3.05) is 13.1 Å². The van der Waals surface area contributed by atoms with Gasteiger partial charge in [-0.05, 0) is 38.3 Å². The summed E-state index contributed by atoms with van der Waals surface area (Å²) >= 11 is 0. The van der Waals surface area contributed by atoms with E-state index in [1.165, 1.54) is 0 Å². The van der Waals surface area contributed by atoms with Crippen molar-refractivity contribution in [1.29, 1.82) is 5.26 Å². The fourth-order valence-electron chi connectivity index (χ4n) is 2.36. The van der Waals surface area contributed by atoms with E-state index < -0.39 is 5.41 Å². The summed E-state index contributed by atoms with van der Waals surface area (Å²) in [5, 5.41) is 9.17. The van der Waals surface area contributed by atoms with Crippen LogP contribution in [0.15, 0.2) is 18.5 Å². The second kappa shape index (κ2) is 4.77. The lowest BCUT2D eigenvalue weighted by molar-refractivity contribution is 0.0629. The zero-order valence-electron chi connectivity index (χ0n) is 10.8. The molecule has 1 aliphatic heterocycles. The number of aryl methyl sites for hydroxylation is 1. The van der Waals surface area contributed by atoms with Crippen LogP contribution in [0, 0.1) is 23.7 Å². The lowest BCUT2D eigenvalue weighted by Crippen LogP contribution is -2.44. The largest absolute Gasteiger partial charge is 0.337 e. The second-order valence-corrected chi connectivity index (χ2v) is 5.19. The van der Waals surface area contributed by atoms with Gasteiger partial charge in [0.1, 0.15) is 0 Å². The van der Waals surface area contributed by atoms with Crippen molar-refractivity contribution in [3.8, 4) is 6.07 Å². The first-order chi connectivity index (χ1) is 8.56. The van der Waals surface area contributed by atoms with E-state index in [1.54, 1.807) is 17.3 Å². The lowest BCUT2D eigenvalue weighted by Gasteiger charge is -2.36. The number of hydrogen-bond donors (Lipinski definition) is 0. The van der Waals surface area contributed by atoms with Crippen LogP contribution in [-0.2, 0) is 0 Å². The Labute approximate surface area is 107 Å². The topological polar surface area (TPSA) is 57.0 Å². The number of hydrogen-bond acceptors (Lipinski definition) is 3. The summed E-state index contributed by atoms with van der Waals surface area (Å²) in [7, 11) is 0.